The molecule has 6 heteroatoms. The SMILES string of the molecule is Cc1nnc(CN(C)C2CCN(c3ccc(-c4cc5ccccc5[nH]4)cc3)CC2)o1. The molecule has 4 aromatic rings. The van der Waals surface area contributed by atoms with E-state index in [1.165, 1.54) is 27.8 Å². The number of rotatable bonds is 5. The molecule has 2 aromatic heterocycles. The van der Waals surface area contributed by atoms with E-state index in [0.717, 1.165) is 25.9 Å². The molecule has 2 aromatic carbocycles. The fraction of sp³-hybridized carbons (Fsp3) is 0.333. The lowest BCUT2D eigenvalue weighted by molar-refractivity contribution is 0.183. The van der Waals surface area contributed by atoms with Crippen LogP contribution in [0.4, 0.5) is 5.69 Å². The summed E-state index contributed by atoms with van der Waals surface area (Å²) in [5, 5.41) is 9.29. The minimum absolute atomic E-state index is 0.541. The van der Waals surface area contributed by atoms with Gasteiger partial charge in [-0.15, -0.1) is 10.2 Å². The van der Waals surface area contributed by atoms with Crippen molar-refractivity contribution in [2.24, 2.45) is 0 Å². The zero-order chi connectivity index (χ0) is 20.5. The molecule has 1 fully saturated rings. The largest absolute Gasteiger partial charge is 0.424 e. The predicted molar refractivity (Wildman–Crippen MR) is 119 cm³/mol. The third-order valence-electron chi connectivity index (χ3n) is 6.11. The van der Waals surface area contributed by atoms with Gasteiger partial charge in [0.05, 0.1) is 6.54 Å². The Labute approximate surface area is 176 Å². The molecule has 0 saturated carbocycles. The number of hydrogen-bond donors (Lipinski definition) is 1. The summed E-state index contributed by atoms with van der Waals surface area (Å²) in [7, 11) is 2.15. The fourth-order valence-electron chi connectivity index (χ4n) is 4.39. The molecule has 6 nitrogen and oxygen atoms in total. The minimum Gasteiger partial charge on any atom is -0.424 e. The number of H-pyrrole nitrogens is 1. The van der Waals surface area contributed by atoms with Gasteiger partial charge in [0, 0.05) is 48.3 Å². The van der Waals surface area contributed by atoms with Crippen molar-refractivity contribution in [2.45, 2.75) is 32.4 Å². The van der Waals surface area contributed by atoms with Gasteiger partial charge in [-0.25, -0.2) is 0 Å². The van der Waals surface area contributed by atoms with Gasteiger partial charge in [0.25, 0.3) is 0 Å². The first-order valence-electron chi connectivity index (χ1n) is 10.6. The van der Waals surface area contributed by atoms with Crippen LogP contribution < -0.4 is 4.90 Å². The molecule has 0 unspecified atom stereocenters. The summed E-state index contributed by atoms with van der Waals surface area (Å²) < 4.78 is 5.53. The Bertz CT molecular complexity index is 1090. The van der Waals surface area contributed by atoms with Crippen LogP contribution >= 0.6 is 0 Å². The lowest BCUT2D eigenvalue weighted by atomic mass is 10.0. The van der Waals surface area contributed by atoms with Gasteiger partial charge in [0.2, 0.25) is 11.8 Å². The Kier molecular flexibility index (Phi) is 5.01. The molecule has 0 bridgehead atoms. The highest BCUT2D eigenvalue weighted by Crippen LogP contribution is 2.28. The molecular formula is C24H27N5O. The van der Waals surface area contributed by atoms with E-state index in [1.807, 2.05) is 6.92 Å². The number of aromatic amines is 1. The van der Waals surface area contributed by atoms with Gasteiger partial charge < -0.3 is 14.3 Å². The van der Waals surface area contributed by atoms with Crippen LogP contribution in [-0.4, -0.2) is 46.3 Å². The van der Waals surface area contributed by atoms with Crippen LogP contribution in [-0.2, 0) is 6.54 Å². The second-order valence-corrected chi connectivity index (χ2v) is 8.17. The van der Waals surface area contributed by atoms with Crippen molar-refractivity contribution in [3.63, 3.8) is 0 Å². The van der Waals surface area contributed by atoms with Crippen molar-refractivity contribution in [3.05, 3.63) is 66.4 Å². The number of fused-ring (bicyclic) bond motifs is 1. The molecule has 1 N–H and O–H groups in total. The van der Waals surface area contributed by atoms with Gasteiger partial charge in [-0.1, -0.05) is 30.3 Å². The summed E-state index contributed by atoms with van der Waals surface area (Å²) >= 11 is 0. The molecule has 1 saturated heterocycles. The van der Waals surface area contributed by atoms with Crippen molar-refractivity contribution in [1.82, 2.24) is 20.1 Å². The van der Waals surface area contributed by atoms with E-state index >= 15 is 0 Å². The molecule has 5 rings (SSSR count). The van der Waals surface area contributed by atoms with E-state index in [0.29, 0.717) is 24.4 Å². The minimum atomic E-state index is 0.541. The van der Waals surface area contributed by atoms with E-state index < -0.39 is 0 Å². The molecule has 0 aliphatic carbocycles. The summed E-state index contributed by atoms with van der Waals surface area (Å²) in [5.74, 6) is 1.33. The average Bonchev–Trinajstić information content (AvgIpc) is 3.40. The molecule has 1 aliphatic heterocycles. The number of benzene rings is 2. The summed E-state index contributed by atoms with van der Waals surface area (Å²) in [4.78, 5) is 8.33. The van der Waals surface area contributed by atoms with Crippen LogP contribution in [0, 0.1) is 6.92 Å². The lowest BCUT2D eigenvalue weighted by Gasteiger charge is -2.37. The monoisotopic (exact) mass is 401 g/mol. The Hall–Kier alpha value is -3.12. The molecule has 3 heterocycles. The lowest BCUT2D eigenvalue weighted by Crippen LogP contribution is -2.43. The average molecular weight is 402 g/mol. The van der Waals surface area contributed by atoms with E-state index in [4.69, 9.17) is 4.42 Å². The highest BCUT2D eigenvalue weighted by molar-refractivity contribution is 5.85. The van der Waals surface area contributed by atoms with Crippen molar-refractivity contribution in [2.75, 3.05) is 25.0 Å². The molecule has 154 valence electrons. The zero-order valence-electron chi connectivity index (χ0n) is 17.5. The van der Waals surface area contributed by atoms with Crippen LogP contribution in [0.15, 0.2) is 59.0 Å². The standard InChI is InChI=1S/C24H27N5O/c1-17-26-27-24(30-17)16-28(2)20-11-13-29(14-12-20)21-9-7-18(8-10-21)23-15-19-5-3-4-6-22(19)25-23/h3-10,15,20,25H,11-14,16H2,1-2H3. The first-order valence-corrected chi connectivity index (χ1v) is 10.6. The molecule has 1 aliphatic rings. The highest BCUT2D eigenvalue weighted by atomic mass is 16.4. The predicted octanol–water partition coefficient (Wildman–Crippen LogP) is 4.63. The molecule has 0 spiro atoms. The van der Waals surface area contributed by atoms with Crippen molar-refractivity contribution < 1.29 is 4.42 Å². The maximum Gasteiger partial charge on any atom is 0.230 e. The number of nitrogens with one attached hydrogen (secondary N) is 1. The maximum atomic E-state index is 5.53. The highest BCUT2D eigenvalue weighted by Gasteiger charge is 2.23. The van der Waals surface area contributed by atoms with E-state index in [1.54, 1.807) is 0 Å². The maximum absolute atomic E-state index is 5.53. The normalized spacial score (nSPS) is 15.4. The van der Waals surface area contributed by atoms with Crippen molar-refractivity contribution in [1.29, 1.82) is 0 Å². The van der Waals surface area contributed by atoms with Crippen LogP contribution in [0.2, 0.25) is 0 Å². The molecule has 0 radical (unpaired) electrons. The first-order chi connectivity index (χ1) is 14.7. The molecule has 0 atom stereocenters. The second kappa shape index (κ2) is 7.95. The quantitative estimate of drug-likeness (QED) is 0.528. The molecule has 30 heavy (non-hydrogen) atoms. The molecular weight excluding hydrogens is 374 g/mol. The fourth-order valence-corrected chi connectivity index (χ4v) is 4.39. The van der Waals surface area contributed by atoms with Crippen LogP contribution in [0.3, 0.4) is 0 Å². The zero-order valence-corrected chi connectivity index (χ0v) is 17.5. The van der Waals surface area contributed by atoms with Gasteiger partial charge >= 0.3 is 0 Å². The summed E-state index contributed by atoms with van der Waals surface area (Å²) in [6.45, 7) is 4.66. The third-order valence-corrected chi connectivity index (χ3v) is 6.11. The summed E-state index contributed by atoms with van der Waals surface area (Å²) in [5.41, 5.74) is 4.86. The van der Waals surface area contributed by atoms with Crippen molar-refractivity contribution >= 4 is 16.6 Å². The third kappa shape index (κ3) is 3.83. The van der Waals surface area contributed by atoms with Crippen LogP contribution in [0.5, 0.6) is 0 Å². The van der Waals surface area contributed by atoms with Crippen LogP contribution in [0.25, 0.3) is 22.2 Å². The second-order valence-electron chi connectivity index (χ2n) is 8.17. The number of nitrogens with zero attached hydrogens (tertiary/aromatic N) is 4. The van der Waals surface area contributed by atoms with Crippen molar-refractivity contribution in [3.8, 4) is 11.3 Å². The number of piperidine rings is 1. The van der Waals surface area contributed by atoms with Gasteiger partial charge in [-0.2, -0.15) is 0 Å². The number of aromatic nitrogens is 3. The smallest absolute Gasteiger partial charge is 0.230 e. The Morgan fingerprint density at radius 1 is 1.07 bits per heavy atom. The Morgan fingerprint density at radius 2 is 1.83 bits per heavy atom. The summed E-state index contributed by atoms with van der Waals surface area (Å²) in [6, 6.07) is 20.1. The van der Waals surface area contributed by atoms with Crippen LogP contribution in [0.1, 0.15) is 24.6 Å². The Morgan fingerprint density at radius 3 is 2.53 bits per heavy atom. The Balaban J connectivity index is 1.21. The van der Waals surface area contributed by atoms with E-state index in [9.17, 15) is 0 Å². The number of anilines is 1. The van der Waals surface area contributed by atoms with E-state index in [2.05, 4.69) is 86.6 Å². The topological polar surface area (TPSA) is 61.2 Å². The van der Waals surface area contributed by atoms with Gasteiger partial charge in [-0.05, 0) is 49.7 Å². The number of hydrogen-bond acceptors (Lipinski definition) is 5. The summed E-state index contributed by atoms with van der Waals surface area (Å²) in [6.07, 6.45) is 2.26. The first kappa shape index (κ1) is 18.9. The van der Waals surface area contributed by atoms with Gasteiger partial charge in [-0.3, -0.25) is 4.90 Å². The van der Waals surface area contributed by atoms with E-state index in [-0.39, 0.29) is 0 Å². The van der Waals surface area contributed by atoms with Gasteiger partial charge in [0.15, 0.2) is 0 Å². The number of aryl methyl sites for hydroxylation is 1. The van der Waals surface area contributed by atoms with Gasteiger partial charge in [0.1, 0.15) is 0 Å². The molecule has 0 amide bonds. The number of para-hydroxylation sites is 1.